The van der Waals surface area contributed by atoms with E-state index in [-0.39, 0.29) is 5.82 Å². The van der Waals surface area contributed by atoms with Gasteiger partial charge in [-0.3, -0.25) is 0 Å². The van der Waals surface area contributed by atoms with E-state index in [1.54, 1.807) is 18.2 Å². The lowest BCUT2D eigenvalue weighted by Crippen LogP contribution is -2.03. The molecule has 2 aromatic heterocycles. The molecule has 0 aliphatic heterocycles. The van der Waals surface area contributed by atoms with Crippen LogP contribution in [0.25, 0.3) is 54.6 Å². The van der Waals surface area contributed by atoms with Gasteiger partial charge in [0, 0.05) is 32.3 Å². The number of rotatable bonds is 0. The quantitative estimate of drug-likeness (QED) is 0.246. The highest BCUT2D eigenvalue weighted by Gasteiger charge is 2.31. The Labute approximate surface area is 159 Å². The van der Waals surface area contributed by atoms with Gasteiger partial charge in [0.1, 0.15) is 28.1 Å². The van der Waals surface area contributed by atoms with Crippen molar-refractivity contribution in [1.82, 2.24) is 0 Å². The van der Waals surface area contributed by atoms with E-state index in [1.165, 1.54) is 18.2 Å². The van der Waals surface area contributed by atoms with Crippen LogP contribution in [-0.4, -0.2) is 0 Å². The molecular weight excluding hydrogens is 384 g/mol. The third-order valence-electron chi connectivity index (χ3n) is 5.35. The van der Waals surface area contributed by atoms with Crippen LogP contribution in [-0.2, 0) is 6.18 Å². The molecule has 6 heteroatoms. The molecule has 0 bridgehead atoms. The molecule has 4 aromatic carbocycles. The summed E-state index contributed by atoms with van der Waals surface area (Å²) in [6.45, 7) is 0. The average molecular weight is 394 g/mol. The van der Waals surface area contributed by atoms with Gasteiger partial charge in [-0.2, -0.15) is 13.2 Å². The van der Waals surface area contributed by atoms with Crippen molar-refractivity contribution in [3.05, 3.63) is 72.0 Å². The zero-order valence-corrected chi connectivity index (χ0v) is 14.6. The molecule has 0 N–H and O–H groups in total. The van der Waals surface area contributed by atoms with Crippen molar-refractivity contribution >= 4 is 54.6 Å². The number of hydrogen-bond donors (Lipinski definition) is 0. The van der Waals surface area contributed by atoms with Crippen LogP contribution in [0.1, 0.15) is 5.56 Å². The SMILES string of the molecule is Fc1ccc2oc3c(ccc4c3ccc3c5cc(C(F)(F)F)ccc5oc34)c2c1. The summed E-state index contributed by atoms with van der Waals surface area (Å²) in [6.07, 6.45) is -4.43. The topological polar surface area (TPSA) is 26.3 Å². The van der Waals surface area contributed by atoms with Gasteiger partial charge in [0.25, 0.3) is 0 Å². The lowest BCUT2D eigenvalue weighted by atomic mass is 10.0. The van der Waals surface area contributed by atoms with E-state index >= 15 is 0 Å². The fraction of sp³-hybridized carbons (Fsp3) is 0.0435. The van der Waals surface area contributed by atoms with Crippen molar-refractivity contribution in [2.24, 2.45) is 0 Å². The van der Waals surface area contributed by atoms with E-state index in [0.717, 1.165) is 28.3 Å². The molecule has 6 rings (SSSR count). The predicted octanol–water partition coefficient (Wildman–Crippen LogP) is 7.80. The highest BCUT2D eigenvalue weighted by atomic mass is 19.4. The number of benzene rings is 4. The molecule has 29 heavy (non-hydrogen) atoms. The van der Waals surface area contributed by atoms with Gasteiger partial charge in [0.2, 0.25) is 0 Å². The summed E-state index contributed by atoms with van der Waals surface area (Å²) in [4.78, 5) is 0. The van der Waals surface area contributed by atoms with Gasteiger partial charge < -0.3 is 8.83 Å². The fourth-order valence-corrected chi connectivity index (χ4v) is 4.02. The Morgan fingerprint density at radius 3 is 1.59 bits per heavy atom. The summed E-state index contributed by atoms with van der Waals surface area (Å²) in [5.74, 6) is -0.353. The molecular formula is C23H10F4O2. The zero-order valence-electron chi connectivity index (χ0n) is 14.6. The molecule has 0 aliphatic rings. The minimum Gasteiger partial charge on any atom is -0.455 e. The molecule has 0 aliphatic carbocycles. The van der Waals surface area contributed by atoms with Crippen molar-refractivity contribution in [2.45, 2.75) is 6.18 Å². The van der Waals surface area contributed by atoms with E-state index in [1.807, 2.05) is 12.1 Å². The number of alkyl halides is 3. The first-order valence-corrected chi connectivity index (χ1v) is 8.87. The number of hydrogen-bond acceptors (Lipinski definition) is 2. The Morgan fingerprint density at radius 2 is 1.03 bits per heavy atom. The van der Waals surface area contributed by atoms with Crippen LogP contribution in [0.3, 0.4) is 0 Å². The van der Waals surface area contributed by atoms with Crippen molar-refractivity contribution in [3.8, 4) is 0 Å². The van der Waals surface area contributed by atoms with Crippen molar-refractivity contribution in [2.75, 3.05) is 0 Å². The molecule has 0 saturated carbocycles. The van der Waals surface area contributed by atoms with E-state index in [0.29, 0.717) is 38.5 Å². The molecule has 0 spiro atoms. The van der Waals surface area contributed by atoms with E-state index < -0.39 is 11.7 Å². The van der Waals surface area contributed by atoms with Crippen LogP contribution >= 0.6 is 0 Å². The minimum atomic E-state index is -4.43. The maximum Gasteiger partial charge on any atom is 0.416 e. The first-order chi connectivity index (χ1) is 13.9. The van der Waals surface area contributed by atoms with Crippen LogP contribution in [0.5, 0.6) is 0 Å². The second-order valence-electron chi connectivity index (χ2n) is 7.03. The fourth-order valence-electron chi connectivity index (χ4n) is 4.02. The lowest BCUT2D eigenvalue weighted by Gasteiger charge is -2.05. The van der Waals surface area contributed by atoms with E-state index in [4.69, 9.17) is 8.83 Å². The van der Waals surface area contributed by atoms with Gasteiger partial charge in [-0.15, -0.1) is 0 Å². The second-order valence-corrected chi connectivity index (χ2v) is 7.03. The molecule has 142 valence electrons. The Balaban J connectivity index is 1.72. The first-order valence-electron chi connectivity index (χ1n) is 8.87. The lowest BCUT2D eigenvalue weighted by molar-refractivity contribution is -0.137. The van der Waals surface area contributed by atoms with Crippen LogP contribution in [0.2, 0.25) is 0 Å². The summed E-state index contributed by atoms with van der Waals surface area (Å²) in [6, 6.07) is 15.0. The number of halogens is 4. The Bertz CT molecular complexity index is 1600. The second kappa shape index (κ2) is 5.29. The Hall–Kier alpha value is -3.54. The van der Waals surface area contributed by atoms with Crippen molar-refractivity contribution in [1.29, 1.82) is 0 Å². The first kappa shape index (κ1) is 16.4. The summed E-state index contributed by atoms with van der Waals surface area (Å²) < 4.78 is 64.8. The summed E-state index contributed by atoms with van der Waals surface area (Å²) >= 11 is 0. The predicted molar refractivity (Wildman–Crippen MR) is 103 cm³/mol. The average Bonchev–Trinajstić information content (AvgIpc) is 3.24. The molecule has 0 radical (unpaired) electrons. The third-order valence-corrected chi connectivity index (χ3v) is 5.35. The Kier molecular flexibility index (Phi) is 2.99. The van der Waals surface area contributed by atoms with Gasteiger partial charge in [-0.25, -0.2) is 4.39 Å². The van der Waals surface area contributed by atoms with Crippen LogP contribution < -0.4 is 0 Å². The summed E-state index contributed by atoms with van der Waals surface area (Å²) in [7, 11) is 0. The number of furan rings is 2. The molecule has 2 nitrogen and oxygen atoms in total. The highest BCUT2D eigenvalue weighted by Crippen LogP contribution is 2.41. The van der Waals surface area contributed by atoms with Crippen molar-refractivity contribution in [3.63, 3.8) is 0 Å². The van der Waals surface area contributed by atoms with Crippen LogP contribution in [0, 0.1) is 5.82 Å². The van der Waals surface area contributed by atoms with E-state index in [2.05, 4.69) is 0 Å². The molecule has 0 fully saturated rings. The molecule has 0 unspecified atom stereocenters. The molecule has 2 heterocycles. The van der Waals surface area contributed by atoms with Crippen molar-refractivity contribution < 1.29 is 26.4 Å². The molecule has 6 aromatic rings. The van der Waals surface area contributed by atoms with Gasteiger partial charge in [0.05, 0.1) is 5.56 Å². The van der Waals surface area contributed by atoms with E-state index in [9.17, 15) is 17.6 Å². The maximum absolute atomic E-state index is 13.7. The smallest absolute Gasteiger partial charge is 0.416 e. The largest absolute Gasteiger partial charge is 0.455 e. The van der Waals surface area contributed by atoms with Crippen LogP contribution in [0.15, 0.2) is 69.5 Å². The van der Waals surface area contributed by atoms with Gasteiger partial charge in [0.15, 0.2) is 0 Å². The number of fused-ring (bicyclic) bond motifs is 9. The van der Waals surface area contributed by atoms with Gasteiger partial charge in [-0.05, 0) is 60.7 Å². The normalized spacial score (nSPS) is 12.8. The van der Waals surface area contributed by atoms with Gasteiger partial charge >= 0.3 is 6.18 Å². The standard InChI is InChI=1S/C23H10F4O2/c24-12-2-8-20-18(10-12)16-6-4-13-14(22(16)29-20)3-5-15-17-9-11(23(25,26)27)1-7-19(17)28-21(13)15/h1-10H. The monoisotopic (exact) mass is 394 g/mol. The van der Waals surface area contributed by atoms with Gasteiger partial charge in [-0.1, -0.05) is 0 Å². The molecule has 0 amide bonds. The third kappa shape index (κ3) is 2.23. The zero-order chi connectivity index (χ0) is 19.9. The summed E-state index contributed by atoms with van der Waals surface area (Å²) in [5.41, 5.74) is 1.30. The van der Waals surface area contributed by atoms with Crippen LogP contribution in [0.4, 0.5) is 17.6 Å². The Morgan fingerprint density at radius 1 is 0.552 bits per heavy atom. The highest BCUT2D eigenvalue weighted by molar-refractivity contribution is 6.22. The summed E-state index contributed by atoms with van der Waals surface area (Å²) in [5, 5.41) is 3.91. The molecule has 0 atom stereocenters. The minimum absolute atomic E-state index is 0.353. The molecule has 0 saturated heterocycles. The maximum atomic E-state index is 13.7.